The first-order valence-electron chi connectivity index (χ1n) is 9.04. The molecule has 1 amide bonds. The summed E-state index contributed by atoms with van der Waals surface area (Å²) in [6, 6.07) is 2.07. The Morgan fingerprint density at radius 3 is 2.79 bits per heavy atom. The summed E-state index contributed by atoms with van der Waals surface area (Å²) in [6.45, 7) is 3.61. The van der Waals surface area contributed by atoms with E-state index < -0.39 is 0 Å². The number of piperidine rings is 2. The maximum atomic E-state index is 12.9. The Morgan fingerprint density at radius 1 is 1.12 bits per heavy atom. The predicted octanol–water partition coefficient (Wildman–Crippen LogP) is 2.20. The van der Waals surface area contributed by atoms with Crippen molar-refractivity contribution >= 4 is 22.8 Å². The van der Waals surface area contributed by atoms with E-state index in [0.29, 0.717) is 5.91 Å². The lowest BCUT2D eigenvalue weighted by Crippen LogP contribution is -2.46. The third kappa shape index (κ3) is 2.74. The monoisotopic (exact) mass is 327 g/mol. The molecule has 6 heteroatoms. The van der Waals surface area contributed by atoms with Gasteiger partial charge in [-0.3, -0.25) is 4.79 Å². The van der Waals surface area contributed by atoms with Crippen LogP contribution in [0.5, 0.6) is 0 Å². The Balaban J connectivity index is 1.54. The number of aryl methyl sites for hydroxylation is 1. The molecule has 1 atom stereocenters. The highest BCUT2D eigenvalue weighted by molar-refractivity contribution is 5.88. The van der Waals surface area contributed by atoms with Crippen molar-refractivity contribution in [3.8, 4) is 0 Å². The zero-order valence-corrected chi connectivity index (χ0v) is 14.3. The molecule has 0 aromatic carbocycles. The van der Waals surface area contributed by atoms with E-state index in [2.05, 4.69) is 25.8 Å². The van der Waals surface area contributed by atoms with Gasteiger partial charge in [0.25, 0.3) is 0 Å². The second kappa shape index (κ2) is 6.42. The van der Waals surface area contributed by atoms with E-state index in [-0.39, 0.29) is 5.92 Å². The lowest BCUT2D eigenvalue weighted by atomic mass is 9.95. The Hall–Kier alpha value is -2.11. The van der Waals surface area contributed by atoms with Crippen LogP contribution < -0.4 is 4.90 Å². The Kier molecular flexibility index (Phi) is 4.12. The van der Waals surface area contributed by atoms with Crippen LogP contribution in [0.25, 0.3) is 11.0 Å². The highest BCUT2D eigenvalue weighted by Gasteiger charge is 2.31. The van der Waals surface area contributed by atoms with Gasteiger partial charge in [-0.2, -0.15) is 0 Å². The van der Waals surface area contributed by atoms with E-state index in [0.717, 1.165) is 68.7 Å². The van der Waals surface area contributed by atoms with E-state index in [1.165, 1.54) is 6.42 Å². The Labute approximate surface area is 142 Å². The molecule has 2 fully saturated rings. The molecule has 2 aromatic rings. The van der Waals surface area contributed by atoms with Gasteiger partial charge in [0.05, 0.1) is 11.3 Å². The summed E-state index contributed by atoms with van der Waals surface area (Å²) in [5.41, 5.74) is 0.949. The first kappa shape index (κ1) is 15.4. The number of fused-ring (bicyclic) bond motifs is 1. The summed E-state index contributed by atoms with van der Waals surface area (Å²) < 4.78 is 2.01. The first-order valence-corrected chi connectivity index (χ1v) is 9.04. The van der Waals surface area contributed by atoms with Crippen molar-refractivity contribution in [2.45, 2.75) is 32.1 Å². The maximum absolute atomic E-state index is 12.9. The van der Waals surface area contributed by atoms with Gasteiger partial charge in [-0.25, -0.2) is 9.97 Å². The van der Waals surface area contributed by atoms with Crippen LogP contribution >= 0.6 is 0 Å². The summed E-state index contributed by atoms with van der Waals surface area (Å²) in [7, 11) is 2.00. The van der Waals surface area contributed by atoms with Crippen molar-refractivity contribution in [1.29, 1.82) is 0 Å². The van der Waals surface area contributed by atoms with E-state index in [4.69, 9.17) is 0 Å². The lowest BCUT2D eigenvalue weighted by Gasteiger charge is -2.36. The third-order valence-corrected chi connectivity index (χ3v) is 5.38. The van der Waals surface area contributed by atoms with Crippen LogP contribution in [-0.4, -0.2) is 51.5 Å². The van der Waals surface area contributed by atoms with Crippen molar-refractivity contribution in [3.05, 3.63) is 18.6 Å². The molecule has 1 unspecified atom stereocenters. The molecule has 0 N–H and O–H groups in total. The van der Waals surface area contributed by atoms with E-state index in [1.54, 1.807) is 6.33 Å². The maximum Gasteiger partial charge on any atom is 0.227 e. The molecule has 2 saturated heterocycles. The average molecular weight is 327 g/mol. The summed E-state index contributed by atoms with van der Waals surface area (Å²) in [6.07, 6.45) is 9.25. The Morgan fingerprint density at radius 2 is 1.96 bits per heavy atom. The fourth-order valence-electron chi connectivity index (χ4n) is 4.06. The number of likely N-dealkylation sites (tertiary alicyclic amines) is 1. The van der Waals surface area contributed by atoms with Gasteiger partial charge in [0.1, 0.15) is 17.8 Å². The van der Waals surface area contributed by atoms with E-state index >= 15 is 0 Å². The molecule has 128 valence electrons. The molecule has 0 saturated carbocycles. The Bertz CT molecular complexity index is 734. The summed E-state index contributed by atoms with van der Waals surface area (Å²) in [5.74, 6) is 1.42. The van der Waals surface area contributed by atoms with Gasteiger partial charge >= 0.3 is 0 Å². The summed E-state index contributed by atoms with van der Waals surface area (Å²) in [4.78, 5) is 26.1. The number of aromatic nitrogens is 3. The number of rotatable bonds is 2. The number of carbonyl (C=O) groups excluding carboxylic acids is 1. The number of carbonyl (C=O) groups is 1. The van der Waals surface area contributed by atoms with Gasteiger partial charge in [-0.1, -0.05) is 0 Å². The van der Waals surface area contributed by atoms with Crippen molar-refractivity contribution in [2.75, 3.05) is 31.1 Å². The van der Waals surface area contributed by atoms with E-state index in [9.17, 15) is 4.79 Å². The van der Waals surface area contributed by atoms with Gasteiger partial charge < -0.3 is 14.4 Å². The quantitative estimate of drug-likeness (QED) is 0.848. The number of nitrogens with zero attached hydrogens (tertiary/aromatic N) is 5. The van der Waals surface area contributed by atoms with Crippen molar-refractivity contribution in [3.63, 3.8) is 0 Å². The summed E-state index contributed by atoms with van der Waals surface area (Å²) >= 11 is 0. The highest BCUT2D eigenvalue weighted by Crippen LogP contribution is 2.29. The average Bonchev–Trinajstić information content (AvgIpc) is 3.03. The first-order chi connectivity index (χ1) is 11.7. The molecule has 0 spiro atoms. The summed E-state index contributed by atoms with van der Waals surface area (Å²) in [5, 5.41) is 1.08. The molecule has 6 nitrogen and oxygen atoms in total. The van der Waals surface area contributed by atoms with Gasteiger partial charge in [-0.15, -0.1) is 0 Å². The van der Waals surface area contributed by atoms with Gasteiger partial charge in [-0.05, 0) is 38.2 Å². The van der Waals surface area contributed by atoms with Crippen LogP contribution in [0.3, 0.4) is 0 Å². The molecule has 24 heavy (non-hydrogen) atoms. The SMILES string of the molecule is Cn1ccc2c(N3CCCC(C(=O)N4CCCCC4)C3)ncnc21. The zero-order valence-electron chi connectivity index (χ0n) is 14.3. The second-order valence-corrected chi connectivity index (χ2v) is 7.03. The smallest absolute Gasteiger partial charge is 0.227 e. The molecule has 4 rings (SSSR count). The molecule has 4 heterocycles. The third-order valence-electron chi connectivity index (χ3n) is 5.38. The standard InChI is InChI=1S/C18H25N5O/c1-21-11-7-15-16(21)19-13-20-17(15)23-10-5-6-14(12-23)18(24)22-8-3-2-4-9-22/h7,11,13-14H,2-6,8-10,12H2,1H3. The minimum Gasteiger partial charge on any atom is -0.355 e. The van der Waals surface area contributed by atoms with Crippen LogP contribution in [0.15, 0.2) is 18.6 Å². The molecular weight excluding hydrogens is 302 g/mol. The topological polar surface area (TPSA) is 54.3 Å². The molecule has 2 aliphatic rings. The number of anilines is 1. The van der Waals surface area contributed by atoms with Gasteiger partial charge in [0.2, 0.25) is 5.91 Å². The normalized spacial score (nSPS) is 22.1. The largest absolute Gasteiger partial charge is 0.355 e. The van der Waals surface area contributed by atoms with Crippen LogP contribution in [-0.2, 0) is 11.8 Å². The van der Waals surface area contributed by atoms with Crippen LogP contribution in [0.4, 0.5) is 5.82 Å². The van der Waals surface area contributed by atoms with Crippen molar-refractivity contribution < 1.29 is 4.79 Å². The highest BCUT2D eigenvalue weighted by atomic mass is 16.2. The van der Waals surface area contributed by atoms with Crippen molar-refractivity contribution in [2.24, 2.45) is 13.0 Å². The number of hydrogen-bond donors (Lipinski definition) is 0. The predicted molar refractivity (Wildman–Crippen MR) is 93.9 cm³/mol. The molecule has 0 aliphatic carbocycles. The second-order valence-electron chi connectivity index (χ2n) is 7.03. The van der Waals surface area contributed by atoms with E-state index in [1.807, 2.05) is 17.8 Å². The number of hydrogen-bond acceptors (Lipinski definition) is 4. The number of amides is 1. The van der Waals surface area contributed by atoms with Crippen molar-refractivity contribution in [1.82, 2.24) is 19.4 Å². The fraction of sp³-hybridized carbons (Fsp3) is 0.611. The molecule has 0 radical (unpaired) electrons. The van der Waals surface area contributed by atoms with Crippen LogP contribution in [0.1, 0.15) is 32.1 Å². The van der Waals surface area contributed by atoms with Gasteiger partial charge in [0, 0.05) is 39.4 Å². The van der Waals surface area contributed by atoms with Crippen LogP contribution in [0.2, 0.25) is 0 Å². The minimum atomic E-state index is 0.102. The lowest BCUT2D eigenvalue weighted by molar-refractivity contribution is -0.136. The zero-order chi connectivity index (χ0) is 16.5. The molecule has 2 aliphatic heterocycles. The molecule has 2 aromatic heterocycles. The molecule has 0 bridgehead atoms. The van der Waals surface area contributed by atoms with Crippen LogP contribution in [0, 0.1) is 5.92 Å². The molecular formula is C18H25N5O. The fourth-order valence-corrected chi connectivity index (χ4v) is 4.06. The van der Waals surface area contributed by atoms with Gasteiger partial charge in [0.15, 0.2) is 0 Å². The minimum absolute atomic E-state index is 0.102.